The second-order valence-electron chi connectivity index (χ2n) is 12.4. The maximum atomic E-state index is 11.0. The fourth-order valence-corrected chi connectivity index (χ4v) is 6.29. The smallest absolute Gasteiger partial charge is 0.161 e. The Kier molecular flexibility index (Phi) is 12.0. The molecule has 0 aromatic heterocycles. The van der Waals surface area contributed by atoms with Crippen LogP contribution >= 0.6 is 0 Å². The van der Waals surface area contributed by atoms with E-state index in [1.54, 1.807) is 60.7 Å². The van der Waals surface area contributed by atoms with E-state index in [1.165, 1.54) is 0 Å². The quantitative estimate of drug-likeness (QED) is 0.129. The standard InChI is InChI=1S/C40H48O10/c1-23-19-28(11-13-30(23)43-4)39(41)24(2)48-34-15-9-26(20-37(34)46-7)31-17-18-32(50-31)27-10-16-35(38(21-27)47-8)49-25(3)40(42)29-12-14-33(44-5)36(22-29)45-6/h9-16,19-22,24-25,31-32,39-42H,17-18H2,1-8H3/t24-,25-,31?,32?,39+,40+/m1/s1. The molecule has 0 aliphatic carbocycles. The molecule has 0 radical (unpaired) electrons. The van der Waals surface area contributed by atoms with Crippen LogP contribution in [0.15, 0.2) is 72.8 Å². The number of hydrogen-bond acceptors (Lipinski definition) is 10. The van der Waals surface area contributed by atoms with E-state index in [9.17, 15) is 10.2 Å². The van der Waals surface area contributed by atoms with E-state index in [0.29, 0.717) is 40.1 Å². The van der Waals surface area contributed by atoms with Crippen molar-refractivity contribution in [2.75, 3.05) is 35.5 Å². The van der Waals surface area contributed by atoms with Crippen LogP contribution in [0.1, 0.15) is 78.9 Å². The van der Waals surface area contributed by atoms with Gasteiger partial charge in [-0.25, -0.2) is 0 Å². The summed E-state index contributed by atoms with van der Waals surface area (Å²) in [6.45, 7) is 5.57. The molecule has 10 heteroatoms. The number of rotatable bonds is 15. The molecule has 10 nitrogen and oxygen atoms in total. The van der Waals surface area contributed by atoms with Crippen LogP contribution in [-0.4, -0.2) is 58.0 Å². The highest BCUT2D eigenvalue weighted by Crippen LogP contribution is 2.45. The van der Waals surface area contributed by atoms with Gasteiger partial charge in [0.15, 0.2) is 34.5 Å². The lowest BCUT2D eigenvalue weighted by Gasteiger charge is -2.24. The van der Waals surface area contributed by atoms with Gasteiger partial charge in [-0.05, 0) is 110 Å². The minimum absolute atomic E-state index is 0.146. The molecule has 2 unspecified atom stereocenters. The molecule has 268 valence electrons. The Balaban J connectivity index is 1.23. The lowest BCUT2D eigenvalue weighted by atomic mass is 10.0. The summed E-state index contributed by atoms with van der Waals surface area (Å²) in [6.07, 6.45) is -1.55. The Bertz CT molecular complexity index is 1740. The Labute approximate surface area is 294 Å². The average Bonchev–Trinajstić information content (AvgIpc) is 3.64. The van der Waals surface area contributed by atoms with Gasteiger partial charge in [-0.3, -0.25) is 0 Å². The summed E-state index contributed by atoms with van der Waals surface area (Å²) in [4.78, 5) is 0. The van der Waals surface area contributed by atoms with Crippen molar-refractivity contribution in [3.05, 3.63) is 101 Å². The zero-order valence-corrected chi connectivity index (χ0v) is 30.0. The molecular weight excluding hydrogens is 640 g/mol. The van der Waals surface area contributed by atoms with Gasteiger partial charge in [0, 0.05) is 0 Å². The normalized spacial score (nSPS) is 18.0. The Morgan fingerprint density at radius 2 is 0.920 bits per heavy atom. The summed E-state index contributed by atoms with van der Waals surface area (Å²) < 4.78 is 46.3. The monoisotopic (exact) mass is 688 g/mol. The number of hydrogen-bond donors (Lipinski definition) is 2. The molecule has 50 heavy (non-hydrogen) atoms. The maximum Gasteiger partial charge on any atom is 0.161 e. The van der Waals surface area contributed by atoms with Crippen LogP contribution in [-0.2, 0) is 4.74 Å². The molecule has 0 spiro atoms. The van der Waals surface area contributed by atoms with Crippen molar-refractivity contribution in [3.8, 4) is 40.2 Å². The minimum Gasteiger partial charge on any atom is -0.496 e. The highest BCUT2D eigenvalue weighted by molar-refractivity contribution is 5.47. The topological polar surface area (TPSA) is 114 Å². The molecule has 0 saturated carbocycles. The van der Waals surface area contributed by atoms with E-state index >= 15 is 0 Å². The van der Waals surface area contributed by atoms with Gasteiger partial charge in [0.1, 0.15) is 30.2 Å². The molecule has 4 aromatic rings. The third kappa shape index (κ3) is 8.04. The molecule has 1 heterocycles. The predicted octanol–water partition coefficient (Wildman–Crippen LogP) is 7.63. The van der Waals surface area contributed by atoms with E-state index in [-0.39, 0.29) is 12.2 Å². The molecule has 6 atom stereocenters. The van der Waals surface area contributed by atoms with Crippen molar-refractivity contribution in [1.82, 2.24) is 0 Å². The van der Waals surface area contributed by atoms with Gasteiger partial charge in [-0.15, -0.1) is 0 Å². The molecule has 4 aromatic carbocycles. The molecule has 0 bridgehead atoms. The van der Waals surface area contributed by atoms with Gasteiger partial charge < -0.3 is 48.1 Å². The molecular formula is C40H48O10. The van der Waals surface area contributed by atoms with Gasteiger partial charge in [0.05, 0.1) is 47.8 Å². The van der Waals surface area contributed by atoms with Gasteiger partial charge in [0.25, 0.3) is 0 Å². The van der Waals surface area contributed by atoms with Crippen LogP contribution in [0.2, 0.25) is 0 Å². The highest BCUT2D eigenvalue weighted by Gasteiger charge is 2.30. The van der Waals surface area contributed by atoms with E-state index < -0.39 is 24.4 Å². The fourth-order valence-electron chi connectivity index (χ4n) is 6.29. The zero-order valence-electron chi connectivity index (χ0n) is 30.0. The fraction of sp³-hybridized carbons (Fsp3) is 0.400. The second-order valence-corrected chi connectivity index (χ2v) is 12.4. The summed E-state index contributed by atoms with van der Waals surface area (Å²) in [7, 11) is 7.94. The van der Waals surface area contributed by atoms with Crippen LogP contribution in [0.3, 0.4) is 0 Å². The summed E-state index contributed by atoms with van der Waals surface area (Å²) >= 11 is 0. The maximum absolute atomic E-state index is 11.0. The van der Waals surface area contributed by atoms with Crippen LogP contribution in [0.5, 0.6) is 40.2 Å². The Morgan fingerprint density at radius 3 is 1.36 bits per heavy atom. The minimum atomic E-state index is -0.919. The summed E-state index contributed by atoms with van der Waals surface area (Å²) in [5.41, 5.74) is 4.26. The summed E-state index contributed by atoms with van der Waals surface area (Å²) in [5.74, 6) is 4.03. The number of aliphatic hydroxyl groups is 2. The zero-order chi connectivity index (χ0) is 35.9. The molecule has 0 amide bonds. The molecule has 1 saturated heterocycles. The van der Waals surface area contributed by atoms with Crippen LogP contribution in [0.25, 0.3) is 0 Å². The Hall–Kier alpha value is -4.64. The van der Waals surface area contributed by atoms with E-state index in [2.05, 4.69) is 0 Å². The molecule has 1 aliphatic rings. The van der Waals surface area contributed by atoms with Crippen molar-refractivity contribution >= 4 is 0 Å². The first-order valence-corrected chi connectivity index (χ1v) is 16.7. The van der Waals surface area contributed by atoms with E-state index in [4.69, 9.17) is 37.9 Å². The van der Waals surface area contributed by atoms with Crippen LogP contribution in [0, 0.1) is 6.92 Å². The van der Waals surface area contributed by atoms with Gasteiger partial charge in [0.2, 0.25) is 0 Å². The second kappa shape index (κ2) is 16.4. The third-order valence-electron chi connectivity index (χ3n) is 9.16. The van der Waals surface area contributed by atoms with Crippen LogP contribution in [0.4, 0.5) is 0 Å². The molecule has 5 rings (SSSR count). The number of aryl methyl sites for hydroxylation is 1. The number of methoxy groups -OCH3 is 5. The largest absolute Gasteiger partial charge is 0.496 e. The van der Waals surface area contributed by atoms with E-state index in [0.717, 1.165) is 40.8 Å². The SMILES string of the molecule is COc1ccc([C@@H](O)[C@@H](C)Oc2ccc(C3CCC(c4ccc(O[C@H](C)[C@H](O)c5ccc(OC)c(OC)c5)c(OC)c4)O3)cc2OC)cc1C. The van der Waals surface area contributed by atoms with Gasteiger partial charge in [-0.1, -0.05) is 24.3 Å². The Morgan fingerprint density at radius 1 is 0.520 bits per heavy atom. The first kappa shape index (κ1) is 36.6. The molecule has 1 fully saturated rings. The van der Waals surface area contributed by atoms with Crippen molar-refractivity contribution < 1.29 is 48.1 Å². The van der Waals surface area contributed by atoms with Crippen molar-refractivity contribution in [2.45, 2.75) is 70.2 Å². The van der Waals surface area contributed by atoms with Gasteiger partial charge in [-0.2, -0.15) is 0 Å². The van der Waals surface area contributed by atoms with Crippen molar-refractivity contribution in [3.63, 3.8) is 0 Å². The molecule has 1 aliphatic heterocycles. The number of benzene rings is 4. The predicted molar refractivity (Wildman–Crippen MR) is 189 cm³/mol. The highest BCUT2D eigenvalue weighted by atomic mass is 16.5. The van der Waals surface area contributed by atoms with Crippen molar-refractivity contribution in [1.29, 1.82) is 0 Å². The van der Waals surface area contributed by atoms with Crippen LogP contribution < -0.4 is 33.2 Å². The van der Waals surface area contributed by atoms with Gasteiger partial charge >= 0.3 is 0 Å². The average molecular weight is 689 g/mol. The van der Waals surface area contributed by atoms with Crippen molar-refractivity contribution in [2.24, 2.45) is 0 Å². The molecule has 2 N–H and O–H groups in total. The van der Waals surface area contributed by atoms with E-state index in [1.807, 2.05) is 68.4 Å². The lowest BCUT2D eigenvalue weighted by molar-refractivity contribution is 0.0409. The summed E-state index contributed by atoms with van der Waals surface area (Å²) in [5, 5.41) is 22.0. The summed E-state index contributed by atoms with van der Waals surface area (Å²) in [6, 6.07) is 22.4. The number of aliphatic hydroxyl groups excluding tert-OH is 2. The first-order chi connectivity index (χ1) is 24.1. The lowest BCUT2D eigenvalue weighted by Crippen LogP contribution is -2.22. The third-order valence-corrected chi connectivity index (χ3v) is 9.16. The number of ether oxygens (including phenoxy) is 8. The first-order valence-electron chi connectivity index (χ1n) is 16.7.